The third kappa shape index (κ3) is 1.87. The highest BCUT2D eigenvalue weighted by Crippen LogP contribution is 2.47. The molecule has 2 atom stereocenters. The molecule has 1 N–H and O–H groups in total. The minimum atomic E-state index is -0.886. The zero-order valence-corrected chi connectivity index (χ0v) is 8.26. The molecule has 0 amide bonds. The summed E-state index contributed by atoms with van der Waals surface area (Å²) in [5, 5.41) is 9.45. The van der Waals surface area contributed by atoms with Gasteiger partial charge in [0.2, 0.25) is 0 Å². The van der Waals surface area contributed by atoms with Crippen molar-refractivity contribution >= 4 is 0 Å². The standard InChI is InChI=1S/C11H16O2/c1-10(2,12)7-8-11-6-4-3-5-9(11)13-11/h9,12H,3-6H2,1-2H3. The molecular formula is C11H16O2. The van der Waals surface area contributed by atoms with Crippen LogP contribution in [-0.4, -0.2) is 22.4 Å². The third-order valence-corrected chi connectivity index (χ3v) is 2.66. The van der Waals surface area contributed by atoms with E-state index in [2.05, 4.69) is 11.8 Å². The average molecular weight is 180 g/mol. The summed E-state index contributed by atoms with van der Waals surface area (Å²) in [7, 11) is 0. The molecule has 0 bridgehead atoms. The van der Waals surface area contributed by atoms with Gasteiger partial charge in [-0.1, -0.05) is 18.3 Å². The van der Waals surface area contributed by atoms with Crippen LogP contribution in [0.25, 0.3) is 0 Å². The minimum absolute atomic E-state index is 0.168. The van der Waals surface area contributed by atoms with Crippen LogP contribution in [0.2, 0.25) is 0 Å². The van der Waals surface area contributed by atoms with Gasteiger partial charge in [-0.05, 0) is 33.1 Å². The summed E-state index contributed by atoms with van der Waals surface area (Å²) in [5.74, 6) is 5.94. The highest BCUT2D eigenvalue weighted by Gasteiger charge is 2.56. The molecule has 2 rings (SSSR count). The van der Waals surface area contributed by atoms with Crippen molar-refractivity contribution in [1.82, 2.24) is 0 Å². The molecule has 1 aliphatic carbocycles. The monoisotopic (exact) mass is 180 g/mol. The van der Waals surface area contributed by atoms with Crippen molar-refractivity contribution in [2.24, 2.45) is 0 Å². The first-order chi connectivity index (χ1) is 6.02. The molecule has 2 fully saturated rings. The molecule has 72 valence electrons. The van der Waals surface area contributed by atoms with Crippen LogP contribution in [0.4, 0.5) is 0 Å². The second kappa shape index (κ2) is 2.73. The SMILES string of the molecule is CC(C)(O)C#CC12CCCCC1O2. The summed E-state index contributed by atoms with van der Waals surface area (Å²) in [4.78, 5) is 0. The second-order valence-corrected chi connectivity index (χ2v) is 4.55. The van der Waals surface area contributed by atoms with Gasteiger partial charge in [0.15, 0.2) is 5.60 Å². The van der Waals surface area contributed by atoms with Crippen molar-refractivity contribution in [3.8, 4) is 11.8 Å². The van der Waals surface area contributed by atoms with E-state index in [0.29, 0.717) is 6.10 Å². The lowest BCUT2D eigenvalue weighted by molar-refractivity contribution is 0.143. The van der Waals surface area contributed by atoms with Gasteiger partial charge < -0.3 is 9.84 Å². The van der Waals surface area contributed by atoms with E-state index in [9.17, 15) is 5.11 Å². The van der Waals surface area contributed by atoms with Crippen LogP contribution in [-0.2, 0) is 4.74 Å². The Labute approximate surface area is 79.3 Å². The fourth-order valence-corrected chi connectivity index (χ4v) is 1.88. The van der Waals surface area contributed by atoms with Gasteiger partial charge in [0.1, 0.15) is 5.60 Å². The summed E-state index contributed by atoms with van der Waals surface area (Å²) in [6, 6.07) is 0. The first kappa shape index (κ1) is 9.05. The van der Waals surface area contributed by atoms with Crippen molar-refractivity contribution in [2.75, 3.05) is 0 Å². The van der Waals surface area contributed by atoms with E-state index in [0.717, 1.165) is 12.8 Å². The normalized spacial score (nSPS) is 37.3. The Bertz CT molecular complexity index is 266. The van der Waals surface area contributed by atoms with E-state index >= 15 is 0 Å². The van der Waals surface area contributed by atoms with Gasteiger partial charge in [0.25, 0.3) is 0 Å². The van der Waals surface area contributed by atoms with Gasteiger partial charge in [-0.2, -0.15) is 0 Å². The summed E-state index contributed by atoms with van der Waals surface area (Å²) >= 11 is 0. The lowest BCUT2D eigenvalue weighted by Gasteiger charge is -2.12. The van der Waals surface area contributed by atoms with Crippen LogP contribution >= 0.6 is 0 Å². The van der Waals surface area contributed by atoms with Gasteiger partial charge in [0.05, 0.1) is 6.10 Å². The summed E-state index contributed by atoms with van der Waals surface area (Å²) in [6.07, 6.45) is 5.01. The Morgan fingerprint density at radius 3 is 2.85 bits per heavy atom. The molecule has 13 heavy (non-hydrogen) atoms. The largest absolute Gasteiger partial charge is 0.378 e. The molecule has 2 aliphatic rings. The molecule has 0 radical (unpaired) electrons. The Hall–Kier alpha value is -0.520. The number of epoxide rings is 1. The Balaban J connectivity index is 2.05. The van der Waals surface area contributed by atoms with E-state index in [1.54, 1.807) is 13.8 Å². The van der Waals surface area contributed by atoms with E-state index in [1.165, 1.54) is 12.8 Å². The van der Waals surface area contributed by atoms with Crippen LogP contribution in [0, 0.1) is 11.8 Å². The Morgan fingerprint density at radius 1 is 1.46 bits per heavy atom. The molecule has 2 nitrogen and oxygen atoms in total. The molecule has 0 spiro atoms. The van der Waals surface area contributed by atoms with Gasteiger partial charge in [-0.25, -0.2) is 0 Å². The van der Waals surface area contributed by atoms with E-state index in [-0.39, 0.29) is 5.60 Å². The quantitative estimate of drug-likeness (QED) is 0.452. The molecular weight excluding hydrogens is 164 g/mol. The zero-order valence-electron chi connectivity index (χ0n) is 8.26. The molecule has 0 aromatic carbocycles. The van der Waals surface area contributed by atoms with Crippen molar-refractivity contribution in [1.29, 1.82) is 0 Å². The maximum atomic E-state index is 9.45. The van der Waals surface area contributed by atoms with Crippen LogP contribution in [0.1, 0.15) is 39.5 Å². The molecule has 1 saturated heterocycles. The maximum absolute atomic E-state index is 9.45. The van der Waals surface area contributed by atoms with Crippen molar-refractivity contribution in [3.05, 3.63) is 0 Å². The van der Waals surface area contributed by atoms with Gasteiger partial charge in [0, 0.05) is 0 Å². The van der Waals surface area contributed by atoms with Crippen LogP contribution in [0.15, 0.2) is 0 Å². The topological polar surface area (TPSA) is 32.8 Å². The molecule has 2 heteroatoms. The molecule has 1 saturated carbocycles. The predicted octanol–water partition coefficient (Wildman–Crippen LogP) is 1.47. The Morgan fingerprint density at radius 2 is 2.23 bits per heavy atom. The number of hydrogen-bond donors (Lipinski definition) is 1. The number of ether oxygens (including phenoxy) is 1. The van der Waals surface area contributed by atoms with E-state index < -0.39 is 5.60 Å². The fourth-order valence-electron chi connectivity index (χ4n) is 1.88. The van der Waals surface area contributed by atoms with Crippen molar-refractivity contribution in [3.63, 3.8) is 0 Å². The lowest BCUT2D eigenvalue weighted by Crippen LogP contribution is -2.20. The fraction of sp³-hybridized carbons (Fsp3) is 0.818. The first-order valence-electron chi connectivity index (χ1n) is 4.96. The third-order valence-electron chi connectivity index (χ3n) is 2.66. The van der Waals surface area contributed by atoms with E-state index in [4.69, 9.17) is 4.74 Å². The van der Waals surface area contributed by atoms with Crippen LogP contribution < -0.4 is 0 Å². The maximum Gasteiger partial charge on any atom is 0.155 e. The molecule has 1 aliphatic heterocycles. The molecule has 0 aromatic heterocycles. The predicted molar refractivity (Wildman–Crippen MR) is 50.1 cm³/mol. The van der Waals surface area contributed by atoms with Gasteiger partial charge in [-0.3, -0.25) is 0 Å². The van der Waals surface area contributed by atoms with Crippen molar-refractivity contribution < 1.29 is 9.84 Å². The Kier molecular flexibility index (Phi) is 1.90. The summed E-state index contributed by atoms with van der Waals surface area (Å²) in [6.45, 7) is 3.41. The number of hydrogen-bond acceptors (Lipinski definition) is 2. The second-order valence-electron chi connectivity index (χ2n) is 4.55. The summed E-state index contributed by atoms with van der Waals surface area (Å²) in [5.41, 5.74) is -1.05. The number of fused-ring (bicyclic) bond motifs is 1. The van der Waals surface area contributed by atoms with Gasteiger partial charge in [-0.15, -0.1) is 0 Å². The smallest absolute Gasteiger partial charge is 0.155 e. The highest BCUT2D eigenvalue weighted by atomic mass is 16.6. The van der Waals surface area contributed by atoms with Crippen molar-refractivity contribution in [2.45, 2.75) is 56.8 Å². The molecule has 2 unspecified atom stereocenters. The minimum Gasteiger partial charge on any atom is -0.378 e. The zero-order chi connectivity index (χ0) is 9.53. The molecule has 1 heterocycles. The average Bonchev–Trinajstić information content (AvgIpc) is 2.74. The van der Waals surface area contributed by atoms with Crippen LogP contribution in [0.3, 0.4) is 0 Å². The lowest BCUT2D eigenvalue weighted by atomic mass is 9.89. The summed E-state index contributed by atoms with van der Waals surface area (Å²) < 4.78 is 5.58. The van der Waals surface area contributed by atoms with Crippen LogP contribution in [0.5, 0.6) is 0 Å². The number of aliphatic hydroxyl groups is 1. The van der Waals surface area contributed by atoms with E-state index in [1.807, 2.05) is 0 Å². The number of rotatable bonds is 0. The highest BCUT2D eigenvalue weighted by molar-refractivity contribution is 5.29. The molecule has 0 aromatic rings. The van der Waals surface area contributed by atoms with Gasteiger partial charge >= 0.3 is 0 Å². The first-order valence-corrected chi connectivity index (χ1v) is 4.96.